The number of rotatable bonds is 4. The third kappa shape index (κ3) is 2.77. The lowest BCUT2D eigenvalue weighted by molar-refractivity contribution is 0.0900. The molecule has 2 heterocycles. The van der Waals surface area contributed by atoms with Crippen LogP contribution in [0.4, 0.5) is 5.95 Å². The standard InChI is InChI=1S/C11H13ClN4O2/c1-6(5-17-2)18-10-9-7(14-11(13)16-10)3-4-8(12)15-9/h3-4,6H,5H2,1-2H3,(H2,13,14,16)/t6-/m0/s1. The van der Waals surface area contributed by atoms with E-state index < -0.39 is 0 Å². The second kappa shape index (κ2) is 5.32. The van der Waals surface area contributed by atoms with Gasteiger partial charge in [0.2, 0.25) is 11.8 Å². The van der Waals surface area contributed by atoms with Crippen LogP contribution in [0.15, 0.2) is 12.1 Å². The summed E-state index contributed by atoms with van der Waals surface area (Å²) in [6.07, 6.45) is -0.173. The number of hydrogen-bond donors (Lipinski definition) is 1. The number of nitrogen functional groups attached to an aromatic ring is 1. The number of nitrogens with zero attached hydrogens (tertiary/aromatic N) is 3. The highest BCUT2D eigenvalue weighted by Gasteiger charge is 2.12. The van der Waals surface area contributed by atoms with E-state index in [1.807, 2.05) is 6.92 Å². The predicted octanol–water partition coefficient (Wildman–Crippen LogP) is 1.67. The number of ether oxygens (including phenoxy) is 2. The molecule has 0 bridgehead atoms. The van der Waals surface area contributed by atoms with E-state index in [4.69, 9.17) is 26.8 Å². The van der Waals surface area contributed by atoms with Crippen molar-refractivity contribution in [1.82, 2.24) is 15.0 Å². The summed E-state index contributed by atoms with van der Waals surface area (Å²) in [5.74, 6) is 0.441. The molecule has 18 heavy (non-hydrogen) atoms. The maximum absolute atomic E-state index is 5.85. The zero-order chi connectivity index (χ0) is 13.1. The summed E-state index contributed by atoms with van der Waals surface area (Å²) in [6, 6.07) is 3.36. The minimum atomic E-state index is -0.173. The Morgan fingerprint density at radius 3 is 2.83 bits per heavy atom. The van der Waals surface area contributed by atoms with Crippen molar-refractivity contribution in [2.75, 3.05) is 19.5 Å². The SMILES string of the molecule is COC[C@H](C)Oc1nc(N)nc2ccc(Cl)nc12. The first-order valence-corrected chi connectivity index (χ1v) is 5.73. The van der Waals surface area contributed by atoms with Crippen LogP contribution in [0.25, 0.3) is 11.0 Å². The van der Waals surface area contributed by atoms with Gasteiger partial charge in [0, 0.05) is 7.11 Å². The molecule has 2 aromatic rings. The molecule has 0 aromatic carbocycles. The predicted molar refractivity (Wildman–Crippen MR) is 68.7 cm³/mol. The molecule has 0 radical (unpaired) electrons. The second-order valence-electron chi connectivity index (χ2n) is 3.77. The molecule has 0 saturated carbocycles. The highest BCUT2D eigenvalue weighted by atomic mass is 35.5. The Hall–Kier alpha value is -1.66. The van der Waals surface area contributed by atoms with Crippen LogP contribution in [-0.4, -0.2) is 34.8 Å². The molecule has 0 fully saturated rings. The summed E-state index contributed by atoms with van der Waals surface area (Å²) in [7, 11) is 1.60. The molecular formula is C11H13ClN4O2. The Morgan fingerprint density at radius 1 is 1.33 bits per heavy atom. The van der Waals surface area contributed by atoms with Crippen molar-refractivity contribution < 1.29 is 9.47 Å². The van der Waals surface area contributed by atoms with Crippen LogP contribution in [0.1, 0.15) is 6.92 Å². The van der Waals surface area contributed by atoms with E-state index in [9.17, 15) is 0 Å². The minimum Gasteiger partial charge on any atom is -0.471 e. The van der Waals surface area contributed by atoms with Gasteiger partial charge in [-0.25, -0.2) is 9.97 Å². The molecule has 7 heteroatoms. The highest BCUT2D eigenvalue weighted by Crippen LogP contribution is 2.23. The van der Waals surface area contributed by atoms with Crippen molar-refractivity contribution in [2.24, 2.45) is 0 Å². The molecule has 96 valence electrons. The lowest BCUT2D eigenvalue weighted by Crippen LogP contribution is -2.19. The van der Waals surface area contributed by atoms with E-state index in [1.54, 1.807) is 19.2 Å². The van der Waals surface area contributed by atoms with Crippen molar-refractivity contribution in [1.29, 1.82) is 0 Å². The zero-order valence-corrected chi connectivity index (χ0v) is 10.8. The fraction of sp³-hybridized carbons (Fsp3) is 0.364. The number of hydrogen-bond acceptors (Lipinski definition) is 6. The van der Waals surface area contributed by atoms with Crippen molar-refractivity contribution >= 4 is 28.6 Å². The number of fused-ring (bicyclic) bond motifs is 1. The summed E-state index contributed by atoms with van der Waals surface area (Å²) < 4.78 is 10.6. The molecule has 0 spiro atoms. The smallest absolute Gasteiger partial charge is 0.245 e. The summed E-state index contributed by atoms with van der Waals surface area (Å²) in [5, 5.41) is 0.347. The fourth-order valence-electron chi connectivity index (χ4n) is 1.52. The molecule has 0 aliphatic heterocycles. The Balaban J connectivity index is 2.44. The molecule has 1 atom stereocenters. The number of aromatic nitrogens is 3. The van der Waals surface area contributed by atoms with Crippen LogP contribution in [0.5, 0.6) is 5.88 Å². The van der Waals surface area contributed by atoms with Gasteiger partial charge >= 0.3 is 0 Å². The lowest BCUT2D eigenvalue weighted by atomic mass is 10.3. The van der Waals surface area contributed by atoms with Crippen LogP contribution in [-0.2, 0) is 4.74 Å². The molecule has 0 unspecified atom stereocenters. The number of methoxy groups -OCH3 is 1. The fourth-order valence-corrected chi connectivity index (χ4v) is 1.67. The van der Waals surface area contributed by atoms with Gasteiger partial charge in [-0.15, -0.1) is 0 Å². The Bertz CT molecular complexity index is 564. The second-order valence-corrected chi connectivity index (χ2v) is 4.16. The highest BCUT2D eigenvalue weighted by molar-refractivity contribution is 6.29. The van der Waals surface area contributed by atoms with Crippen LogP contribution in [0.2, 0.25) is 5.15 Å². The molecule has 2 N–H and O–H groups in total. The Morgan fingerprint density at radius 2 is 2.11 bits per heavy atom. The molecule has 0 saturated heterocycles. The normalized spacial score (nSPS) is 12.6. The average Bonchev–Trinajstić information content (AvgIpc) is 2.30. The van der Waals surface area contributed by atoms with E-state index in [0.717, 1.165) is 0 Å². The number of anilines is 1. The third-order valence-electron chi connectivity index (χ3n) is 2.21. The van der Waals surface area contributed by atoms with Crippen LogP contribution in [0, 0.1) is 0 Å². The number of pyridine rings is 1. The largest absolute Gasteiger partial charge is 0.471 e. The number of nitrogens with two attached hydrogens (primary N) is 1. The zero-order valence-electron chi connectivity index (χ0n) is 10.1. The third-order valence-corrected chi connectivity index (χ3v) is 2.42. The van der Waals surface area contributed by atoms with E-state index in [0.29, 0.717) is 28.7 Å². The van der Waals surface area contributed by atoms with Gasteiger partial charge in [0.1, 0.15) is 11.3 Å². The van der Waals surface area contributed by atoms with Crippen LogP contribution in [0.3, 0.4) is 0 Å². The van der Waals surface area contributed by atoms with Gasteiger partial charge in [-0.1, -0.05) is 11.6 Å². The molecule has 2 aromatic heterocycles. The quantitative estimate of drug-likeness (QED) is 0.850. The van der Waals surface area contributed by atoms with Gasteiger partial charge in [0.05, 0.1) is 12.1 Å². The van der Waals surface area contributed by atoms with Gasteiger partial charge in [-0.05, 0) is 19.1 Å². The first-order chi connectivity index (χ1) is 8.60. The monoisotopic (exact) mass is 268 g/mol. The topological polar surface area (TPSA) is 83.2 Å². The van der Waals surface area contributed by atoms with E-state index in [2.05, 4.69) is 15.0 Å². The molecule has 6 nitrogen and oxygen atoms in total. The Labute approximate surface area is 109 Å². The maximum atomic E-state index is 5.85. The minimum absolute atomic E-state index is 0.131. The van der Waals surface area contributed by atoms with E-state index in [1.165, 1.54) is 0 Å². The van der Waals surface area contributed by atoms with Crippen molar-refractivity contribution in [3.05, 3.63) is 17.3 Å². The van der Waals surface area contributed by atoms with Gasteiger partial charge in [-0.3, -0.25) is 0 Å². The molecule has 2 rings (SSSR count). The maximum Gasteiger partial charge on any atom is 0.245 e. The van der Waals surface area contributed by atoms with Gasteiger partial charge in [0.15, 0.2) is 5.52 Å². The van der Waals surface area contributed by atoms with Crippen molar-refractivity contribution in [3.8, 4) is 5.88 Å². The van der Waals surface area contributed by atoms with E-state index >= 15 is 0 Å². The van der Waals surface area contributed by atoms with Crippen LogP contribution >= 0.6 is 11.6 Å². The number of halogens is 1. The first-order valence-electron chi connectivity index (χ1n) is 5.35. The van der Waals surface area contributed by atoms with Crippen molar-refractivity contribution in [2.45, 2.75) is 13.0 Å². The van der Waals surface area contributed by atoms with Gasteiger partial charge in [-0.2, -0.15) is 4.98 Å². The summed E-state index contributed by atoms with van der Waals surface area (Å²) in [5.41, 5.74) is 6.69. The molecule has 0 aliphatic rings. The average molecular weight is 269 g/mol. The van der Waals surface area contributed by atoms with Gasteiger partial charge < -0.3 is 15.2 Å². The summed E-state index contributed by atoms with van der Waals surface area (Å²) >= 11 is 5.85. The van der Waals surface area contributed by atoms with E-state index in [-0.39, 0.29) is 12.1 Å². The Kier molecular flexibility index (Phi) is 3.78. The van der Waals surface area contributed by atoms with Gasteiger partial charge in [0.25, 0.3) is 0 Å². The molecule has 0 aliphatic carbocycles. The van der Waals surface area contributed by atoms with Crippen molar-refractivity contribution in [3.63, 3.8) is 0 Å². The first kappa shape index (κ1) is 12.8. The molecular weight excluding hydrogens is 256 g/mol. The van der Waals surface area contributed by atoms with Crippen LogP contribution < -0.4 is 10.5 Å². The summed E-state index contributed by atoms with van der Waals surface area (Å²) in [4.78, 5) is 12.2. The lowest BCUT2D eigenvalue weighted by Gasteiger charge is -2.14. The summed E-state index contributed by atoms with van der Waals surface area (Å²) in [6.45, 7) is 2.30. The molecule has 0 amide bonds.